The first kappa shape index (κ1) is 15.5. The second kappa shape index (κ2) is 6.27. The molecule has 5 heteroatoms. The molecule has 0 aromatic carbocycles. The quantitative estimate of drug-likeness (QED) is 0.909. The highest BCUT2D eigenvalue weighted by Crippen LogP contribution is 2.35. The summed E-state index contributed by atoms with van der Waals surface area (Å²) in [6.45, 7) is 5.88. The molecule has 0 saturated carbocycles. The smallest absolute Gasteiger partial charge is 0.144 e. The lowest BCUT2D eigenvalue weighted by Gasteiger charge is -2.36. The van der Waals surface area contributed by atoms with Gasteiger partial charge in [0.05, 0.1) is 5.69 Å². The standard InChI is InChI=1S/C15H24ClN3O/c1-4-6-15(7-5-8-17-10-15)13(20)9-12-11(2)18-19(3)14(12)16/h17H,4-10H2,1-3H3. The topological polar surface area (TPSA) is 46.9 Å². The number of aryl methyl sites for hydroxylation is 2. The van der Waals surface area contributed by atoms with Crippen molar-refractivity contribution in [2.75, 3.05) is 13.1 Å². The van der Waals surface area contributed by atoms with E-state index in [-0.39, 0.29) is 5.41 Å². The van der Waals surface area contributed by atoms with Gasteiger partial charge < -0.3 is 5.32 Å². The second-order valence-corrected chi connectivity index (χ2v) is 6.25. The number of halogens is 1. The molecular formula is C15H24ClN3O. The molecule has 4 nitrogen and oxygen atoms in total. The first-order valence-corrected chi connectivity index (χ1v) is 7.80. The number of ketones is 1. The largest absolute Gasteiger partial charge is 0.316 e. The predicted octanol–water partition coefficient (Wildman–Crippen LogP) is 2.66. The van der Waals surface area contributed by atoms with Gasteiger partial charge in [-0.3, -0.25) is 9.48 Å². The maximum absolute atomic E-state index is 12.9. The molecule has 1 N–H and O–H groups in total. The number of Topliss-reactive ketones (excluding diaryl/α,β-unsaturated/α-hetero) is 1. The van der Waals surface area contributed by atoms with Crippen LogP contribution in [0.3, 0.4) is 0 Å². The van der Waals surface area contributed by atoms with E-state index >= 15 is 0 Å². The third-order valence-corrected chi connectivity index (χ3v) is 4.87. The van der Waals surface area contributed by atoms with Crippen molar-refractivity contribution in [3.63, 3.8) is 0 Å². The highest BCUT2D eigenvalue weighted by molar-refractivity contribution is 6.30. The van der Waals surface area contributed by atoms with Crippen molar-refractivity contribution in [2.24, 2.45) is 12.5 Å². The van der Waals surface area contributed by atoms with Crippen LogP contribution in [-0.2, 0) is 18.3 Å². The minimum Gasteiger partial charge on any atom is -0.316 e. The molecule has 0 bridgehead atoms. The third-order valence-electron chi connectivity index (χ3n) is 4.40. The van der Waals surface area contributed by atoms with E-state index in [4.69, 9.17) is 11.6 Å². The molecule has 0 spiro atoms. The zero-order valence-corrected chi connectivity index (χ0v) is 13.4. The summed E-state index contributed by atoms with van der Waals surface area (Å²) < 4.78 is 1.64. The highest BCUT2D eigenvalue weighted by Gasteiger charge is 2.38. The number of rotatable bonds is 5. The number of carbonyl (C=O) groups excluding carboxylic acids is 1. The summed E-state index contributed by atoms with van der Waals surface area (Å²) in [5, 5.41) is 8.27. The number of piperidine rings is 1. The molecule has 112 valence electrons. The van der Waals surface area contributed by atoms with Crippen LogP contribution in [-0.4, -0.2) is 28.7 Å². The summed E-state index contributed by atoms with van der Waals surface area (Å²) in [6, 6.07) is 0. The van der Waals surface area contributed by atoms with Crippen LogP contribution >= 0.6 is 11.6 Å². The molecule has 1 unspecified atom stereocenters. The van der Waals surface area contributed by atoms with E-state index < -0.39 is 0 Å². The summed E-state index contributed by atoms with van der Waals surface area (Å²) in [4.78, 5) is 12.9. The van der Waals surface area contributed by atoms with Crippen LogP contribution in [0.5, 0.6) is 0 Å². The molecule has 1 aliphatic rings. The molecule has 1 saturated heterocycles. The van der Waals surface area contributed by atoms with Gasteiger partial charge in [-0.1, -0.05) is 24.9 Å². The lowest BCUT2D eigenvalue weighted by molar-refractivity contribution is -0.129. The van der Waals surface area contributed by atoms with Crippen molar-refractivity contribution in [1.82, 2.24) is 15.1 Å². The fourth-order valence-electron chi connectivity index (χ4n) is 3.26. The van der Waals surface area contributed by atoms with Gasteiger partial charge >= 0.3 is 0 Å². The van der Waals surface area contributed by atoms with E-state index in [0.29, 0.717) is 17.4 Å². The van der Waals surface area contributed by atoms with E-state index in [1.165, 1.54) is 0 Å². The summed E-state index contributed by atoms with van der Waals surface area (Å²) in [5.41, 5.74) is 1.54. The van der Waals surface area contributed by atoms with Crippen LogP contribution in [0.15, 0.2) is 0 Å². The summed E-state index contributed by atoms with van der Waals surface area (Å²) in [5.74, 6) is 0.310. The number of carbonyl (C=O) groups is 1. The van der Waals surface area contributed by atoms with E-state index in [9.17, 15) is 4.79 Å². The van der Waals surface area contributed by atoms with Gasteiger partial charge in [0.15, 0.2) is 0 Å². The molecule has 1 aromatic rings. The van der Waals surface area contributed by atoms with E-state index in [2.05, 4.69) is 17.3 Å². The molecule has 0 amide bonds. The fourth-order valence-corrected chi connectivity index (χ4v) is 3.50. The van der Waals surface area contributed by atoms with Crippen LogP contribution < -0.4 is 5.32 Å². The lowest BCUT2D eigenvalue weighted by atomic mass is 9.72. The zero-order valence-electron chi connectivity index (χ0n) is 12.6. The van der Waals surface area contributed by atoms with Crippen LogP contribution in [0.25, 0.3) is 0 Å². The Labute approximate surface area is 125 Å². The summed E-state index contributed by atoms with van der Waals surface area (Å²) >= 11 is 6.25. The van der Waals surface area contributed by atoms with Crippen LogP contribution in [0.1, 0.15) is 43.9 Å². The summed E-state index contributed by atoms with van der Waals surface area (Å²) in [7, 11) is 1.81. The van der Waals surface area contributed by atoms with E-state index in [1.54, 1.807) is 4.68 Å². The maximum atomic E-state index is 12.9. The van der Waals surface area contributed by atoms with Gasteiger partial charge in [-0.15, -0.1) is 0 Å². The SMILES string of the molecule is CCCC1(C(=O)Cc2c(C)nn(C)c2Cl)CCCNC1. The normalized spacial score (nSPS) is 23.0. The average Bonchev–Trinajstić information content (AvgIpc) is 2.67. The molecule has 20 heavy (non-hydrogen) atoms. The first-order valence-electron chi connectivity index (χ1n) is 7.42. The monoisotopic (exact) mass is 297 g/mol. The number of hydrogen-bond acceptors (Lipinski definition) is 3. The van der Waals surface area contributed by atoms with Gasteiger partial charge in [0, 0.05) is 31.0 Å². The molecule has 1 fully saturated rings. The Balaban J connectivity index is 2.20. The first-order chi connectivity index (χ1) is 9.50. The summed E-state index contributed by atoms with van der Waals surface area (Å²) in [6.07, 6.45) is 4.46. The second-order valence-electron chi connectivity index (χ2n) is 5.89. The van der Waals surface area contributed by atoms with Crippen molar-refractivity contribution in [1.29, 1.82) is 0 Å². The van der Waals surface area contributed by atoms with Gasteiger partial charge in [-0.25, -0.2) is 0 Å². The zero-order chi connectivity index (χ0) is 14.8. The Bertz CT molecular complexity index is 484. The van der Waals surface area contributed by atoms with E-state index in [1.807, 2.05) is 14.0 Å². The van der Waals surface area contributed by atoms with Crippen molar-refractivity contribution < 1.29 is 4.79 Å². The van der Waals surface area contributed by atoms with Gasteiger partial charge in [0.1, 0.15) is 10.9 Å². The van der Waals surface area contributed by atoms with Crippen molar-refractivity contribution in [3.05, 3.63) is 16.4 Å². The van der Waals surface area contributed by atoms with Crippen LogP contribution in [0.2, 0.25) is 5.15 Å². The Kier molecular flexibility index (Phi) is 4.86. The lowest BCUT2D eigenvalue weighted by Crippen LogP contribution is -2.46. The van der Waals surface area contributed by atoms with Crippen molar-refractivity contribution in [2.45, 2.75) is 46.0 Å². The van der Waals surface area contributed by atoms with Crippen molar-refractivity contribution >= 4 is 17.4 Å². The predicted molar refractivity (Wildman–Crippen MR) is 81.1 cm³/mol. The third kappa shape index (κ3) is 2.91. The number of aromatic nitrogens is 2. The molecular weight excluding hydrogens is 274 g/mol. The molecule has 1 aliphatic heterocycles. The Morgan fingerprint density at radius 2 is 2.30 bits per heavy atom. The fraction of sp³-hybridized carbons (Fsp3) is 0.733. The van der Waals surface area contributed by atoms with Crippen LogP contribution in [0.4, 0.5) is 0 Å². The van der Waals surface area contributed by atoms with E-state index in [0.717, 1.165) is 50.0 Å². The maximum Gasteiger partial charge on any atom is 0.144 e. The Morgan fingerprint density at radius 1 is 1.55 bits per heavy atom. The molecule has 1 atom stereocenters. The van der Waals surface area contributed by atoms with Gasteiger partial charge in [-0.2, -0.15) is 5.10 Å². The number of nitrogens with one attached hydrogen (secondary N) is 1. The van der Waals surface area contributed by atoms with Crippen LogP contribution in [0, 0.1) is 12.3 Å². The van der Waals surface area contributed by atoms with Gasteiger partial charge in [0.25, 0.3) is 0 Å². The van der Waals surface area contributed by atoms with Gasteiger partial charge in [0.2, 0.25) is 0 Å². The molecule has 0 radical (unpaired) electrons. The molecule has 0 aliphatic carbocycles. The van der Waals surface area contributed by atoms with Crippen molar-refractivity contribution in [3.8, 4) is 0 Å². The molecule has 1 aromatic heterocycles. The minimum absolute atomic E-state index is 0.210. The minimum atomic E-state index is -0.210. The van der Waals surface area contributed by atoms with Gasteiger partial charge in [-0.05, 0) is 32.7 Å². The Morgan fingerprint density at radius 3 is 2.80 bits per heavy atom. The molecule has 2 heterocycles. The Hall–Kier alpha value is -0.870. The number of hydrogen-bond donors (Lipinski definition) is 1. The molecule has 2 rings (SSSR count). The number of nitrogens with zero attached hydrogens (tertiary/aromatic N) is 2. The highest BCUT2D eigenvalue weighted by atomic mass is 35.5. The average molecular weight is 298 g/mol.